The number of ether oxygens (including phenoxy) is 1. The maximum absolute atomic E-state index is 10.9. The number of carbonyl (C=O) groups is 1. The van der Waals surface area contributed by atoms with E-state index >= 15 is 0 Å². The number of aliphatic hydroxyl groups is 1. The molecule has 0 amide bonds. The predicted molar refractivity (Wildman–Crippen MR) is 92.8 cm³/mol. The Kier molecular flexibility index (Phi) is 15.5. The Hall–Kier alpha value is -1.09. The number of allylic oxidation sites excluding steroid dienone is 3. The molecule has 1 N–H and O–H groups in total. The zero-order valence-corrected chi connectivity index (χ0v) is 14.4. The first-order valence-corrected chi connectivity index (χ1v) is 8.75. The molecule has 3 heteroatoms. The zero-order valence-electron chi connectivity index (χ0n) is 14.4. The Morgan fingerprint density at radius 3 is 2.32 bits per heavy atom. The van der Waals surface area contributed by atoms with Crippen molar-refractivity contribution in [1.29, 1.82) is 0 Å². The molecule has 0 saturated carbocycles. The first-order chi connectivity index (χ1) is 10.7. The van der Waals surface area contributed by atoms with E-state index in [0.717, 1.165) is 57.8 Å². The quantitative estimate of drug-likeness (QED) is 0.281. The molecule has 1 unspecified atom stereocenters. The maximum atomic E-state index is 10.9. The van der Waals surface area contributed by atoms with Crippen LogP contribution < -0.4 is 0 Å². The minimum absolute atomic E-state index is 0.110. The highest BCUT2D eigenvalue weighted by atomic mass is 16.5. The van der Waals surface area contributed by atoms with Gasteiger partial charge in [-0.15, -0.1) is 0 Å². The second kappa shape index (κ2) is 16.3. The van der Waals surface area contributed by atoms with Gasteiger partial charge in [0.15, 0.2) is 0 Å². The Bertz CT molecular complexity index is 308. The number of unbranched alkanes of at least 4 members (excludes halogenated alkanes) is 5. The third kappa shape index (κ3) is 15.3. The predicted octanol–water partition coefficient (Wildman–Crippen LogP) is 4.94. The SMILES string of the molecule is CC/C=C\C/C=C\CC(O)CCCCCCCCC(=O)OC. The fourth-order valence-corrected chi connectivity index (χ4v) is 2.27. The van der Waals surface area contributed by atoms with Crippen molar-refractivity contribution < 1.29 is 14.6 Å². The van der Waals surface area contributed by atoms with E-state index in [-0.39, 0.29) is 12.1 Å². The molecule has 0 bridgehead atoms. The van der Waals surface area contributed by atoms with Crippen molar-refractivity contribution in [2.75, 3.05) is 7.11 Å². The van der Waals surface area contributed by atoms with Gasteiger partial charge in [0.05, 0.1) is 13.2 Å². The maximum Gasteiger partial charge on any atom is 0.305 e. The highest BCUT2D eigenvalue weighted by Gasteiger charge is 2.02. The van der Waals surface area contributed by atoms with Gasteiger partial charge in [0.25, 0.3) is 0 Å². The number of carbonyl (C=O) groups excluding carboxylic acids is 1. The number of methoxy groups -OCH3 is 1. The standard InChI is InChI=1S/C19H34O3/c1-3-4-5-6-9-12-15-18(20)16-13-10-7-8-11-14-17-19(21)22-2/h4-5,9,12,18,20H,3,6-8,10-11,13-17H2,1-2H3/b5-4-,12-9-. The minimum atomic E-state index is -0.203. The van der Waals surface area contributed by atoms with Gasteiger partial charge in [-0.05, 0) is 32.1 Å². The van der Waals surface area contributed by atoms with Crippen molar-refractivity contribution in [3.63, 3.8) is 0 Å². The summed E-state index contributed by atoms with van der Waals surface area (Å²) in [6, 6.07) is 0. The molecule has 0 radical (unpaired) electrons. The van der Waals surface area contributed by atoms with Crippen molar-refractivity contribution in [2.24, 2.45) is 0 Å². The van der Waals surface area contributed by atoms with E-state index in [4.69, 9.17) is 0 Å². The monoisotopic (exact) mass is 310 g/mol. The molecule has 0 fully saturated rings. The summed E-state index contributed by atoms with van der Waals surface area (Å²) in [4.78, 5) is 10.9. The van der Waals surface area contributed by atoms with E-state index in [1.165, 1.54) is 13.5 Å². The number of hydrogen-bond acceptors (Lipinski definition) is 3. The molecule has 1 atom stereocenters. The van der Waals surface area contributed by atoms with E-state index in [0.29, 0.717) is 6.42 Å². The summed E-state index contributed by atoms with van der Waals surface area (Å²) in [5.41, 5.74) is 0. The summed E-state index contributed by atoms with van der Waals surface area (Å²) in [5.74, 6) is -0.110. The molecule has 0 saturated heterocycles. The molecule has 0 aliphatic carbocycles. The molecule has 0 aromatic rings. The van der Waals surface area contributed by atoms with Crippen LogP contribution in [0.3, 0.4) is 0 Å². The molecule has 128 valence electrons. The van der Waals surface area contributed by atoms with E-state index in [1.807, 2.05) is 0 Å². The van der Waals surface area contributed by atoms with Crippen molar-refractivity contribution >= 4 is 5.97 Å². The molecule has 3 nitrogen and oxygen atoms in total. The van der Waals surface area contributed by atoms with Gasteiger partial charge in [0, 0.05) is 6.42 Å². The summed E-state index contributed by atoms with van der Waals surface area (Å²) in [7, 11) is 1.44. The Labute approximate surface area is 136 Å². The van der Waals surface area contributed by atoms with Crippen LogP contribution in [-0.4, -0.2) is 24.3 Å². The lowest BCUT2D eigenvalue weighted by atomic mass is 10.0. The molecule has 0 aromatic carbocycles. The van der Waals surface area contributed by atoms with Crippen molar-refractivity contribution in [2.45, 2.75) is 83.7 Å². The average Bonchev–Trinajstić information content (AvgIpc) is 2.52. The summed E-state index contributed by atoms with van der Waals surface area (Å²) >= 11 is 0. The highest BCUT2D eigenvalue weighted by Crippen LogP contribution is 2.11. The van der Waals surface area contributed by atoms with E-state index in [2.05, 4.69) is 36.0 Å². The van der Waals surface area contributed by atoms with Crippen LogP contribution in [0.4, 0.5) is 0 Å². The Morgan fingerprint density at radius 2 is 1.64 bits per heavy atom. The van der Waals surface area contributed by atoms with Gasteiger partial charge in [0.2, 0.25) is 0 Å². The third-order valence-electron chi connectivity index (χ3n) is 3.65. The minimum Gasteiger partial charge on any atom is -0.469 e. The van der Waals surface area contributed by atoms with Crippen LogP contribution in [-0.2, 0) is 9.53 Å². The molecular formula is C19H34O3. The van der Waals surface area contributed by atoms with Crippen molar-refractivity contribution in [3.8, 4) is 0 Å². The van der Waals surface area contributed by atoms with Gasteiger partial charge >= 0.3 is 5.97 Å². The summed E-state index contributed by atoms with van der Waals surface area (Å²) in [5, 5.41) is 9.86. The molecular weight excluding hydrogens is 276 g/mol. The fraction of sp³-hybridized carbons (Fsp3) is 0.737. The van der Waals surface area contributed by atoms with E-state index in [9.17, 15) is 9.90 Å². The lowest BCUT2D eigenvalue weighted by Crippen LogP contribution is -2.04. The molecule has 0 aliphatic heterocycles. The molecule has 0 rings (SSSR count). The largest absolute Gasteiger partial charge is 0.469 e. The smallest absolute Gasteiger partial charge is 0.305 e. The van der Waals surface area contributed by atoms with Gasteiger partial charge in [-0.3, -0.25) is 4.79 Å². The van der Waals surface area contributed by atoms with Crippen molar-refractivity contribution in [1.82, 2.24) is 0 Å². The van der Waals surface area contributed by atoms with Gasteiger partial charge in [-0.2, -0.15) is 0 Å². The molecule has 0 heterocycles. The van der Waals surface area contributed by atoms with Crippen LogP contribution in [0, 0.1) is 0 Å². The van der Waals surface area contributed by atoms with Crippen LogP contribution in [0.25, 0.3) is 0 Å². The second-order valence-corrected chi connectivity index (χ2v) is 5.71. The summed E-state index contributed by atoms with van der Waals surface area (Å²) < 4.78 is 4.61. The van der Waals surface area contributed by atoms with Crippen LogP contribution in [0.15, 0.2) is 24.3 Å². The van der Waals surface area contributed by atoms with Crippen LogP contribution >= 0.6 is 0 Å². The van der Waals surface area contributed by atoms with Crippen LogP contribution in [0.1, 0.15) is 77.6 Å². The lowest BCUT2D eigenvalue weighted by molar-refractivity contribution is -0.140. The summed E-state index contributed by atoms with van der Waals surface area (Å²) in [6.45, 7) is 2.13. The number of rotatable bonds is 14. The average molecular weight is 310 g/mol. The first kappa shape index (κ1) is 20.9. The zero-order chi connectivity index (χ0) is 16.5. The number of aliphatic hydroxyl groups excluding tert-OH is 1. The number of hydrogen-bond donors (Lipinski definition) is 1. The Morgan fingerprint density at radius 1 is 1.00 bits per heavy atom. The molecule has 0 aliphatic rings. The second-order valence-electron chi connectivity index (χ2n) is 5.71. The third-order valence-corrected chi connectivity index (χ3v) is 3.65. The van der Waals surface area contributed by atoms with Gasteiger partial charge in [0.1, 0.15) is 0 Å². The fourth-order valence-electron chi connectivity index (χ4n) is 2.27. The summed E-state index contributed by atoms with van der Waals surface area (Å²) in [6.07, 6.45) is 19.2. The first-order valence-electron chi connectivity index (χ1n) is 8.75. The molecule has 0 spiro atoms. The van der Waals surface area contributed by atoms with Gasteiger partial charge < -0.3 is 9.84 Å². The normalized spacial score (nSPS) is 13.0. The van der Waals surface area contributed by atoms with Crippen LogP contribution in [0.2, 0.25) is 0 Å². The Balaban J connectivity index is 3.33. The van der Waals surface area contributed by atoms with Crippen molar-refractivity contribution in [3.05, 3.63) is 24.3 Å². The topological polar surface area (TPSA) is 46.5 Å². The van der Waals surface area contributed by atoms with Crippen LogP contribution in [0.5, 0.6) is 0 Å². The highest BCUT2D eigenvalue weighted by molar-refractivity contribution is 5.68. The lowest BCUT2D eigenvalue weighted by Gasteiger charge is -2.07. The van der Waals surface area contributed by atoms with E-state index < -0.39 is 0 Å². The molecule has 0 aromatic heterocycles. The van der Waals surface area contributed by atoms with Gasteiger partial charge in [-0.1, -0.05) is 63.3 Å². The number of esters is 1. The molecule has 22 heavy (non-hydrogen) atoms. The van der Waals surface area contributed by atoms with Gasteiger partial charge in [-0.25, -0.2) is 0 Å². The van der Waals surface area contributed by atoms with E-state index in [1.54, 1.807) is 0 Å².